The number of hydrogen-bond acceptors (Lipinski definition) is 5. The van der Waals surface area contributed by atoms with Crippen molar-refractivity contribution in [3.63, 3.8) is 0 Å². The van der Waals surface area contributed by atoms with Crippen LogP contribution in [0, 0.1) is 0 Å². The number of aliphatic hydroxyl groups is 1. The average molecular weight is 376 g/mol. The Morgan fingerprint density at radius 2 is 2.22 bits per heavy atom. The van der Waals surface area contributed by atoms with Gasteiger partial charge >= 0.3 is 0 Å². The van der Waals surface area contributed by atoms with Crippen LogP contribution < -0.4 is 0 Å². The Balaban J connectivity index is 1.77. The monoisotopic (exact) mass is 375 g/mol. The van der Waals surface area contributed by atoms with Gasteiger partial charge in [0.15, 0.2) is 0 Å². The van der Waals surface area contributed by atoms with Gasteiger partial charge in [0.2, 0.25) is 0 Å². The molecule has 2 aromatic rings. The van der Waals surface area contributed by atoms with Crippen LogP contribution in [-0.2, 0) is 16.6 Å². The number of thiophene rings is 1. The molecule has 6 nitrogen and oxygen atoms in total. The van der Waals surface area contributed by atoms with Crippen LogP contribution in [0.3, 0.4) is 0 Å². The van der Waals surface area contributed by atoms with E-state index in [0.29, 0.717) is 24.0 Å². The summed E-state index contributed by atoms with van der Waals surface area (Å²) in [5, 5.41) is 13.4. The summed E-state index contributed by atoms with van der Waals surface area (Å²) >= 11 is 6.95. The van der Waals surface area contributed by atoms with Crippen molar-refractivity contribution in [2.24, 2.45) is 0 Å². The lowest BCUT2D eigenvalue weighted by Crippen LogP contribution is -2.38. The predicted molar refractivity (Wildman–Crippen MR) is 89.4 cm³/mol. The molecule has 0 spiro atoms. The molecule has 0 aromatic carbocycles. The van der Waals surface area contributed by atoms with Crippen molar-refractivity contribution in [3.05, 3.63) is 34.4 Å². The number of piperidine rings is 1. The molecule has 1 N–H and O–H groups in total. The number of halogens is 1. The van der Waals surface area contributed by atoms with E-state index in [0.717, 1.165) is 29.9 Å². The van der Waals surface area contributed by atoms with Crippen molar-refractivity contribution in [1.82, 2.24) is 14.1 Å². The molecular formula is C14H18ClN3O3S2. The number of hydrogen-bond donors (Lipinski definition) is 1. The first-order valence-electron chi connectivity index (χ1n) is 7.40. The maximum absolute atomic E-state index is 12.7. The van der Waals surface area contributed by atoms with E-state index in [9.17, 15) is 8.42 Å². The molecule has 1 atom stereocenters. The van der Waals surface area contributed by atoms with E-state index in [1.165, 1.54) is 4.31 Å². The minimum atomic E-state index is -3.49. The number of rotatable bonds is 5. The summed E-state index contributed by atoms with van der Waals surface area (Å²) in [4.78, 5) is 0. The van der Waals surface area contributed by atoms with Crippen LogP contribution in [0.5, 0.6) is 0 Å². The minimum absolute atomic E-state index is 0.0332. The minimum Gasteiger partial charge on any atom is -0.394 e. The van der Waals surface area contributed by atoms with Crippen molar-refractivity contribution >= 4 is 33.0 Å². The molecule has 23 heavy (non-hydrogen) atoms. The predicted octanol–water partition coefficient (Wildman–Crippen LogP) is 2.16. The molecular weight excluding hydrogens is 358 g/mol. The van der Waals surface area contributed by atoms with Crippen LogP contribution in [0.2, 0.25) is 4.34 Å². The van der Waals surface area contributed by atoms with E-state index in [2.05, 4.69) is 5.10 Å². The highest BCUT2D eigenvalue weighted by Crippen LogP contribution is 2.33. The highest BCUT2D eigenvalue weighted by Gasteiger charge is 2.32. The Bertz CT molecular complexity index is 772. The van der Waals surface area contributed by atoms with E-state index in [4.69, 9.17) is 16.7 Å². The van der Waals surface area contributed by atoms with Crippen LogP contribution in [-0.4, -0.2) is 47.3 Å². The number of sulfonamides is 1. The topological polar surface area (TPSA) is 75.4 Å². The van der Waals surface area contributed by atoms with Crippen LogP contribution >= 0.6 is 22.9 Å². The van der Waals surface area contributed by atoms with Crippen molar-refractivity contribution < 1.29 is 13.5 Å². The van der Waals surface area contributed by atoms with Crippen LogP contribution in [0.4, 0.5) is 0 Å². The molecule has 3 rings (SSSR count). The number of aromatic nitrogens is 2. The molecule has 0 saturated carbocycles. The SMILES string of the molecule is O=S(=O)(c1ccc(Cl)s1)N1CCC[C@H](c2ccn(CCO)n2)C1. The zero-order valence-electron chi connectivity index (χ0n) is 12.4. The van der Waals surface area contributed by atoms with Gasteiger partial charge in [0, 0.05) is 25.2 Å². The molecule has 2 aromatic heterocycles. The second-order valence-electron chi connectivity index (χ2n) is 5.49. The Hall–Kier alpha value is -0.930. The van der Waals surface area contributed by atoms with Crippen molar-refractivity contribution in [2.75, 3.05) is 19.7 Å². The van der Waals surface area contributed by atoms with Crippen molar-refractivity contribution in [1.29, 1.82) is 0 Å². The maximum Gasteiger partial charge on any atom is 0.252 e. The van der Waals surface area contributed by atoms with Crippen LogP contribution in [0.25, 0.3) is 0 Å². The molecule has 3 heterocycles. The van der Waals surface area contributed by atoms with E-state index < -0.39 is 10.0 Å². The molecule has 0 amide bonds. The summed E-state index contributed by atoms with van der Waals surface area (Å²) in [6.45, 7) is 1.42. The molecule has 1 aliphatic rings. The number of aliphatic hydroxyl groups excluding tert-OH is 1. The van der Waals surface area contributed by atoms with E-state index in [1.807, 2.05) is 12.3 Å². The lowest BCUT2D eigenvalue weighted by atomic mass is 9.96. The summed E-state index contributed by atoms with van der Waals surface area (Å²) < 4.78 is 29.4. The van der Waals surface area contributed by atoms with Gasteiger partial charge in [-0.05, 0) is 31.0 Å². The largest absolute Gasteiger partial charge is 0.394 e. The molecule has 0 radical (unpaired) electrons. The second-order valence-corrected chi connectivity index (χ2v) is 9.37. The molecule has 9 heteroatoms. The average Bonchev–Trinajstić information content (AvgIpc) is 3.17. The van der Waals surface area contributed by atoms with Crippen molar-refractivity contribution in [2.45, 2.75) is 29.5 Å². The first kappa shape index (κ1) is 16.9. The molecule has 126 valence electrons. The van der Waals surface area contributed by atoms with Gasteiger partial charge < -0.3 is 5.11 Å². The summed E-state index contributed by atoms with van der Waals surface area (Å²) in [5.41, 5.74) is 0.877. The van der Waals surface area contributed by atoms with E-state index >= 15 is 0 Å². The molecule has 1 aliphatic heterocycles. The zero-order chi connectivity index (χ0) is 16.4. The summed E-state index contributed by atoms with van der Waals surface area (Å²) in [6.07, 6.45) is 3.53. The molecule has 0 unspecified atom stereocenters. The zero-order valence-corrected chi connectivity index (χ0v) is 14.8. The van der Waals surface area contributed by atoms with Gasteiger partial charge in [-0.1, -0.05) is 11.6 Å². The van der Waals surface area contributed by atoms with Gasteiger partial charge in [-0.2, -0.15) is 9.40 Å². The smallest absolute Gasteiger partial charge is 0.252 e. The van der Waals surface area contributed by atoms with Gasteiger partial charge in [0.1, 0.15) is 4.21 Å². The van der Waals surface area contributed by atoms with Gasteiger partial charge in [-0.3, -0.25) is 4.68 Å². The lowest BCUT2D eigenvalue weighted by Gasteiger charge is -2.30. The van der Waals surface area contributed by atoms with Crippen molar-refractivity contribution in [3.8, 4) is 0 Å². The highest BCUT2D eigenvalue weighted by molar-refractivity contribution is 7.91. The first-order valence-corrected chi connectivity index (χ1v) is 10.0. The number of nitrogens with zero attached hydrogens (tertiary/aromatic N) is 3. The third kappa shape index (κ3) is 3.61. The summed E-state index contributed by atoms with van der Waals surface area (Å²) in [5.74, 6) is 0.0777. The Morgan fingerprint density at radius 3 is 2.91 bits per heavy atom. The highest BCUT2D eigenvalue weighted by atomic mass is 35.5. The summed E-state index contributed by atoms with van der Waals surface area (Å²) in [7, 11) is -3.49. The Kier molecular flexibility index (Phi) is 5.07. The Morgan fingerprint density at radius 1 is 1.39 bits per heavy atom. The van der Waals surface area contributed by atoms with Gasteiger partial charge in [-0.25, -0.2) is 8.42 Å². The standard InChI is InChI=1S/C14H18ClN3O3S2/c15-13-3-4-14(22-13)23(20,21)18-6-1-2-11(10-18)12-5-7-17(16-12)8-9-19/h3-5,7,11,19H,1-2,6,8-10H2/t11-/m0/s1. The van der Waals surface area contributed by atoms with Gasteiger partial charge in [-0.15, -0.1) is 11.3 Å². The fourth-order valence-corrected chi connectivity index (χ4v) is 5.95. The molecule has 0 aliphatic carbocycles. The molecule has 1 fully saturated rings. The normalized spacial score (nSPS) is 20.0. The van der Waals surface area contributed by atoms with Crippen LogP contribution in [0.15, 0.2) is 28.6 Å². The third-order valence-corrected chi connectivity index (χ3v) is 7.50. The maximum atomic E-state index is 12.7. The van der Waals surface area contributed by atoms with E-state index in [-0.39, 0.29) is 16.7 Å². The summed E-state index contributed by atoms with van der Waals surface area (Å²) in [6, 6.07) is 5.07. The van der Waals surface area contributed by atoms with Crippen LogP contribution in [0.1, 0.15) is 24.5 Å². The fourth-order valence-electron chi connectivity index (χ4n) is 2.79. The van der Waals surface area contributed by atoms with Gasteiger partial charge in [0.25, 0.3) is 10.0 Å². The second kappa shape index (κ2) is 6.90. The van der Waals surface area contributed by atoms with E-state index in [1.54, 1.807) is 16.8 Å². The fraction of sp³-hybridized carbons (Fsp3) is 0.500. The van der Waals surface area contributed by atoms with Gasteiger partial charge in [0.05, 0.1) is 23.2 Å². The Labute approximate surface area is 144 Å². The third-order valence-electron chi connectivity index (χ3n) is 3.94. The quantitative estimate of drug-likeness (QED) is 0.868. The lowest BCUT2D eigenvalue weighted by molar-refractivity contribution is 0.267. The first-order chi connectivity index (χ1) is 11.0. The molecule has 1 saturated heterocycles. The molecule has 0 bridgehead atoms.